The molecule has 6 aromatic heterocycles. The Morgan fingerprint density at radius 3 is 0.756 bits per heavy atom. The van der Waals surface area contributed by atoms with Gasteiger partial charge in [-0.15, -0.1) is 91.2 Å². The topological polar surface area (TPSA) is 81.1 Å². The van der Waals surface area contributed by atoms with Gasteiger partial charge in [0.25, 0.3) is 0 Å². The third-order valence-electron chi connectivity index (χ3n) is 23.0. The third-order valence-corrected chi connectivity index (χ3v) is 23.0. The van der Waals surface area contributed by atoms with Crippen molar-refractivity contribution < 1.29 is 40.2 Å². The molecular formula is C113H88BIr2N10P-2. The predicted octanol–water partition coefficient (Wildman–Crippen LogP) is 28.5. The summed E-state index contributed by atoms with van der Waals surface area (Å²) in [4.78, 5) is 0. The first-order valence-electron chi connectivity index (χ1n) is 42.5. The van der Waals surface area contributed by atoms with Crippen molar-refractivity contribution in [3.8, 4) is 90.3 Å². The van der Waals surface area contributed by atoms with Crippen molar-refractivity contribution in [2.45, 2.75) is 39.5 Å². The molecule has 0 aliphatic rings. The first-order valence-corrected chi connectivity index (χ1v) is 43.3. The van der Waals surface area contributed by atoms with Crippen molar-refractivity contribution in [2.24, 2.45) is 0 Å². The molecule has 1 atom stereocenters. The minimum absolute atomic E-state index is 0. The quantitative estimate of drug-likeness (QED) is 0.0654. The molecule has 0 amide bonds. The molecule has 0 N–H and O–H groups in total. The van der Waals surface area contributed by atoms with E-state index in [1.807, 2.05) is 60.7 Å². The van der Waals surface area contributed by atoms with Crippen LogP contribution in [-0.2, 0) is 40.2 Å². The maximum absolute atomic E-state index is 4.81. The van der Waals surface area contributed by atoms with Crippen molar-refractivity contribution in [1.82, 2.24) is 47.8 Å². The second kappa shape index (κ2) is 38.6. The molecule has 618 valence electrons. The van der Waals surface area contributed by atoms with Gasteiger partial charge in [-0.1, -0.05) is 295 Å². The third kappa shape index (κ3) is 17.0. The van der Waals surface area contributed by atoms with E-state index in [2.05, 4.69) is 461 Å². The van der Waals surface area contributed by atoms with E-state index in [0.29, 0.717) is 6.06 Å². The number of hydrogen-bond donors (Lipinski definition) is 0. The van der Waals surface area contributed by atoms with Crippen LogP contribution in [0.5, 0.6) is 0 Å². The fourth-order valence-corrected chi connectivity index (χ4v) is 17.3. The van der Waals surface area contributed by atoms with Crippen LogP contribution < -0.4 is 0 Å². The molecule has 17 aromatic carbocycles. The minimum atomic E-state index is 0. The molecule has 0 saturated heterocycles. The fraction of sp³-hybridized carbons (Fsp3) is 0.0619. The van der Waals surface area contributed by atoms with E-state index in [9.17, 15) is 0 Å². The molecule has 0 fully saturated rings. The van der Waals surface area contributed by atoms with Gasteiger partial charge in [0.1, 0.15) is 11.6 Å². The summed E-state index contributed by atoms with van der Waals surface area (Å²) >= 11 is 0. The van der Waals surface area contributed by atoms with E-state index >= 15 is 0 Å². The van der Waals surface area contributed by atoms with Gasteiger partial charge in [0.05, 0.1) is 63.6 Å². The molecule has 4 radical (unpaired) electrons. The minimum Gasteiger partial charge on any atom is -0.320 e. The summed E-state index contributed by atoms with van der Waals surface area (Å²) in [6.45, 7) is 8.55. The van der Waals surface area contributed by atoms with Crippen molar-refractivity contribution in [2.75, 3.05) is 6.06 Å². The van der Waals surface area contributed by atoms with E-state index in [1.165, 1.54) is 143 Å². The van der Waals surface area contributed by atoms with Gasteiger partial charge in [0.2, 0.25) is 0 Å². The van der Waals surface area contributed by atoms with Crippen molar-refractivity contribution in [1.29, 1.82) is 0 Å². The van der Waals surface area contributed by atoms with Crippen LogP contribution in [0.4, 0.5) is 0 Å². The van der Waals surface area contributed by atoms with Crippen LogP contribution in [0.25, 0.3) is 178 Å². The van der Waals surface area contributed by atoms with Gasteiger partial charge in [-0.2, -0.15) is 10.2 Å². The molecule has 14 heteroatoms. The van der Waals surface area contributed by atoms with Crippen LogP contribution in [0.1, 0.15) is 51.2 Å². The summed E-state index contributed by atoms with van der Waals surface area (Å²) in [7, 11) is 7.17. The molecule has 0 saturated carbocycles. The van der Waals surface area contributed by atoms with Crippen LogP contribution in [0.2, 0.25) is 0 Å². The Morgan fingerprint density at radius 2 is 0.465 bits per heavy atom. The summed E-state index contributed by atoms with van der Waals surface area (Å²) in [6, 6.07) is 157. The molecule has 127 heavy (non-hydrogen) atoms. The molecule has 0 aliphatic heterocycles. The number of para-hydroxylation sites is 8. The van der Waals surface area contributed by atoms with Gasteiger partial charge in [-0.05, 0) is 149 Å². The Kier molecular flexibility index (Phi) is 25.9. The van der Waals surface area contributed by atoms with Crippen molar-refractivity contribution in [3.63, 3.8) is 0 Å². The van der Waals surface area contributed by atoms with Crippen LogP contribution >= 0.6 is 9.24 Å². The molecule has 10 nitrogen and oxygen atoms in total. The first kappa shape index (κ1) is 85.2. The number of benzene rings is 17. The van der Waals surface area contributed by atoms with E-state index in [0.717, 1.165) is 45.8 Å². The summed E-state index contributed by atoms with van der Waals surface area (Å²) in [5, 5.41) is 28.1. The zero-order valence-electron chi connectivity index (χ0n) is 70.6. The van der Waals surface area contributed by atoms with E-state index in [-0.39, 0.29) is 52.0 Å². The van der Waals surface area contributed by atoms with Gasteiger partial charge in [0.15, 0.2) is 0 Å². The maximum Gasteiger partial charge on any atom is 0.131 e. The molecule has 0 bridgehead atoms. The molecule has 1 unspecified atom stereocenters. The largest absolute Gasteiger partial charge is 0.320 e. The van der Waals surface area contributed by atoms with Crippen LogP contribution in [0, 0.1) is 12.1 Å². The Labute approximate surface area is 770 Å². The SMILES string of the molecule is CC(C)c1nnc(-c2[c-]cccc2)n1-c1ccc(-c2ccccc2)cc1.CC(C)c1nnc(-c2[c-]cccc2)n1-c1cccc(-c2ccccc2)c1.[B]CP.[Ir].[Ir].c1cc(-n2c3ccccc3c3ccccc32)cc(-n2c3ccccc3c3ccccc32)c1.c1ccc2c(c1)c1ccccc1n2-c1ccc(-c2ccc(-n3c4ccccc4c4ccccc43)cc2)cc1. The maximum atomic E-state index is 4.81. The molecular weight excluding hydrogens is 1920 g/mol. The average molecular weight is 2010 g/mol. The van der Waals surface area contributed by atoms with Crippen molar-refractivity contribution in [3.05, 3.63) is 448 Å². The molecule has 23 rings (SSSR count). The molecule has 6 heterocycles. The van der Waals surface area contributed by atoms with E-state index < -0.39 is 0 Å². The smallest absolute Gasteiger partial charge is 0.131 e. The van der Waals surface area contributed by atoms with Gasteiger partial charge >= 0.3 is 0 Å². The van der Waals surface area contributed by atoms with Crippen LogP contribution in [-0.4, -0.2) is 61.7 Å². The van der Waals surface area contributed by atoms with Gasteiger partial charge in [0, 0.05) is 129 Å². The molecule has 0 aliphatic carbocycles. The Bertz CT molecular complexity index is 7210. The predicted molar refractivity (Wildman–Crippen MR) is 526 cm³/mol. The molecule has 0 spiro atoms. The first-order chi connectivity index (χ1) is 61.7. The van der Waals surface area contributed by atoms with Crippen molar-refractivity contribution >= 4 is 104 Å². The summed E-state index contributed by atoms with van der Waals surface area (Å²) < 4.78 is 13.7. The van der Waals surface area contributed by atoms with Gasteiger partial charge in [-0.3, -0.25) is 0 Å². The van der Waals surface area contributed by atoms with Crippen LogP contribution in [0.3, 0.4) is 0 Å². The normalized spacial score (nSPS) is 11.1. The second-order valence-electron chi connectivity index (χ2n) is 31.5. The van der Waals surface area contributed by atoms with E-state index in [4.69, 9.17) is 7.85 Å². The van der Waals surface area contributed by atoms with Gasteiger partial charge < -0.3 is 27.4 Å². The summed E-state index contributed by atoms with van der Waals surface area (Å²) in [5.41, 5.74) is 25.7. The summed E-state index contributed by atoms with van der Waals surface area (Å²) in [5.74, 6) is 4.07. The second-order valence-corrected chi connectivity index (χ2v) is 31.9. The zero-order chi connectivity index (χ0) is 84.7. The van der Waals surface area contributed by atoms with Gasteiger partial charge in [-0.25, -0.2) is 0 Å². The number of fused-ring (bicyclic) bond motifs is 12. The summed E-state index contributed by atoms with van der Waals surface area (Å²) in [6.07, 6.45) is 0. The number of nitrogens with zero attached hydrogens (tertiary/aromatic N) is 10. The van der Waals surface area contributed by atoms with E-state index in [1.54, 1.807) is 0 Å². The molecule has 23 aromatic rings. The number of aromatic nitrogens is 10. The standard InChI is InChI=1S/C36H24N2.C30H20N2.2C23H20N3.CH4BP.2Ir/c1-5-13-33-29(9-1)30-10-2-6-14-34(30)37(33)27-21-17-25(18-22-27)26-19-23-28(24-20-26)38-35-15-7-3-11-31(35)32-12-4-8-16-36(32)38;1-5-16-27-23(12-1)24-13-2-6-17-28(24)31(27)21-10-9-11-22(20-21)32-29-18-7-3-14-25(29)26-15-4-8-19-30(26)32;1-17(2)22-24-25-23(19-12-7-4-8-13-19)26(22)21-15-9-14-20(16-21)18-10-5-3-6-11-18;1-17(2)22-24-25-23(20-11-7-4-8-12-20)26(22)21-15-13-19(14-16-21)18-9-5-3-6-10-18;2-1-3;;/h1-24H;1-20H;3-12,14-17H,1-2H3;3-11,13-17H,1-2H3;1,3H2;;/q;;2*-1;;;. The monoisotopic (exact) mass is 2010 g/mol. The zero-order valence-corrected chi connectivity index (χ0v) is 76.5. The fourth-order valence-electron chi connectivity index (χ4n) is 17.3. The number of rotatable bonds is 13. The Hall–Kier alpha value is -14.0. The van der Waals surface area contributed by atoms with Crippen LogP contribution in [0.15, 0.2) is 425 Å². The Morgan fingerprint density at radius 1 is 0.236 bits per heavy atom. The Balaban J connectivity index is 0.000000119. The average Bonchev–Trinajstić information content (AvgIpc) is 1.60. The number of hydrogen-bond acceptors (Lipinski definition) is 4.